The van der Waals surface area contributed by atoms with E-state index < -0.39 is 0 Å². The van der Waals surface area contributed by atoms with Crippen LogP contribution >= 0.6 is 39.9 Å². The molecule has 0 radical (unpaired) electrons. The first-order valence-corrected chi connectivity index (χ1v) is 7.13. The van der Waals surface area contributed by atoms with Crippen molar-refractivity contribution in [2.45, 2.75) is 0 Å². The zero-order valence-corrected chi connectivity index (χ0v) is 13.4. The van der Waals surface area contributed by atoms with E-state index in [0.29, 0.717) is 0 Å². The minimum Gasteiger partial charge on any atom is -0.367 e. The number of nitrogens with zero attached hydrogens (tertiary/aromatic N) is 2. The van der Waals surface area contributed by atoms with Gasteiger partial charge in [-0.1, -0.05) is 23.7 Å². The molecule has 0 saturated carbocycles. The van der Waals surface area contributed by atoms with Crippen molar-refractivity contribution in [3.05, 3.63) is 33.9 Å². The lowest BCUT2D eigenvalue weighted by molar-refractivity contribution is 0.590. The smallest absolute Gasteiger partial charge is 0.0865 e. The van der Waals surface area contributed by atoms with E-state index in [1.807, 2.05) is 12.1 Å². The third-order valence-corrected chi connectivity index (χ3v) is 4.12. The second-order valence-corrected chi connectivity index (χ2v) is 5.59. The molecule has 2 aromatic rings. The molecule has 1 aromatic heterocycles. The number of fused-ring (bicyclic) bond motifs is 1. The number of nitrogens with one attached hydrogen (secondary N) is 1. The molecule has 0 amide bonds. The molecule has 0 bridgehead atoms. The Morgan fingerprint density at radius 2 is 2.00 bits per heavy atom. The van der Waals surface area contributed by atoms with E-state index in [0.717, 1.165) is 52.3 Å². The Morgan fingerprint density at radius 1 is 1.26 bits per heavy atom. The molecule has 6 heteroatoms. The topological polar surface area (TPSA) is 28.2 Å². The van der Waals surface area contributed by atoms with Crippen LogP contribution in [0.4, 0.5) is 5.69 Å². The molecule has 3 nitrogen and oxygen atoms in total. The molecule has 0 atom stereocenters. The van der Waals surface area contributed by atoms with Gasteiger partial charge >= 0.3 is 0 Å². The number of piperazine rings is 1. The minimum atomic E-state index is 0. The molecular formula is C13H14BrCl2N3. The highest BCUT2D eigenvalue weighted by molar-refractivity contribution is 9.10. The molecule has 0 aliphatic carbocycles. The zero-order chi connectivity index (χ0) is 12.5. The maximum Gasteiger partial charge on any atom is 0.0865 e. The van der Waals surface area contributed by atoms with E-state index in [1.165, 1.54) is 0 Å². The average Bonchev–Trinajstić information content (AvgIpc) is 2.40. The number of rotatable bonds is 1. The number of pyridine rings is 1. The van der Waals surface area contributed by atoms with Gasteiger partial charge in [-0.15, -0.1) is 12.4 Å². The monoisotopic (exact) mass is 361 g/mol. The maximum atomic E-state index is 6.35. The second-order valence-electron chi connectivity index (χ2n) is 4.33. The number of halogens is 3. The van der Waals surface area contributed by atoms with Crippen LogP contribution in [0.1, 0.15) is 0 Å². The molecule has 1 fully saturated rings. The fraction of sp³-hybridized carbons (Fsp3) is 0.308. The van der Waals surface area contributed by atoms with Crippen molar-refractivity contribution >= 4 is 56.5 Å². The predicted molar refractivity (Wildman–Crippen MR) is 86.8 cm³/mol. The molecule has 1 saturated heterocycles. The Hall–Kier alpha value is -0.550. The number of anilines is 1. The van der Waals surface area contributed by atoms with E-state index in [9.17, 15) is 0 Å². The van der Waals surface area contributed by atoms with Gasteiger partial charge < -0.3 is 10.2 Å². The SMILES string of the molecule is Cl.Clc1cnc2c(Br)cccc2c1N1CCNCC1. The number of aromatic nitrogens is 1. The number of benzene rings is 1. The summed E-state index contributed by atoms with van der Waals surface area (Å²) in [5, 5.41) is 5.19. The summed E-state index contributed by atoms with van der Waals surface area (Å²) in [6.45, 7) is 3.94. The lowest BCUT2D eigenvalue weighted by Gasteiger charge is -2.31. The van der Waals surface area contributed by atoms with Gasteiger partial charge in [-0.2, -0.15) is 0 Å². The first-order chi connectivity index (χ1) is 8.77. The molecular weight excluding hydrogens is 349 g/mol. The maximum absolute atomic E-state index is 6.35. The van der Waals surface area contributed by atoms with E-state index in [-0.39, 0.29) is 12.4 Å². The van der Waals surface area contributed by atoms with Crippen molar-refractivity contribution in [3.63, 3.8) is 0 Å². The Labute approximate surface area is 131 Å². The summed E-state index contributed by atoms with van der Waals surface area (Å²) >= 11 is 9.89. The van der Waals surface area contributed by atoms with Crippen LogP contribution < -0.4 is 10.2 Å². The number of hydrogen-bond acceptors (Lipinski definition) is 3. The number of para-hydroxylation sites is 1. The highest BCUT2D eigenvalue weighted by atomic mass is 79.9. The van der Waals surface area contributed by atoms with Gasteiger partial charge in [-0.05, 0) is 22.0 Å². The highest BCUT2D eigenvalue weighted by Crippen LogP contribution is 2.35. The fourth-order valence-corrected chi connectivity index (χ4v) is 3.10. The molecule has 19 heavy (non-hydrogen) atoms. The quantitative estimate of drug-likeness (QED) is 0.841. The van der Waals surface area contributed by atoms with Crippen molar-refractivity contribution in [1.82, 2.24) is 10.3 Å². The second kappa shape index (κ2) is 6.27. The minimum absolute atomic E-state index is 0. The van der Waals surface area contributed by atoms with Crippen molar-refractivity contribution < 1.29 is 0 Å². The largest absolute Gasteiger partial charge is 0.367 e. The highest BCUT2D eigenvalue weighted by Gasteiger charge is 2.17. The van der Waals surface area contributed by atoms with Crippen molar-refractivity contribution in [2.24, 2.45) is 0 Å². The summed E-state index contributed by atoms with van der Waals surface area (Å²) in [7, 11) is 0. The van der Waals surface area contributed by atoms with E-state index >= 15 is 0 Å². The summed E-state index contributed by atoms with van der Waals surface area (Å²) in [4.78, 5) is 6.74. The van der Waals surface area contributed by atoms with Crippen LogP contribution in [0.5, 0.6) is 0 Å². The molecule has 2 heterocycles. The van der Waals surface area contributed by atoms with Gasteiger partial charge in [0.15, 0.2) is 0 Å². The van der Waals surface area contributed by atoms with Crippen molar-refractivity contribution in [1.29, 1.82) is 0 Å². The first kappa shape index (κ1) is 14.9. The van der Waals surface area contributed by atoms with E-state index in [1.54, 1.807) is 6.20 Å². The van der Waals surface area contributed by atoms with Gasteiger partial charge in [0.25, 0.3) is 0 Å². The van der Waals surface area contributed by atoms with Gasteiger partial charge in [0.1, 0.15) is 0 Å². The van der Waals surface area contributed by atoms with Crippen LogP contribution in [0, 0.1) is 0 Å². The third kappa shape index (κ3) is 2.82. The summed E-state index contributed by atoms with van der Waals surface area (Å²) < 4.78 is 1.01. The van der Waals surface area contributed by atoms with Crippen molar-refractivity contribution in [3.8, 4) is 0 Å². The molecule has 1 aliphatic rings. The molecule has 0 spiro atoms. The Balaban J connectivity index is 0.00000133. The lowest BCUT2D eigenvalue weighted by atomic mass is 10.1. The zero-order valence-electron chi connectivity index (χ0n) is 10.2. The third-order valence-electron chi connectivity index (χ3n) is 3.21. The summed E-state index contributed by atoms with van der Waals surface area (Å²) in [5.74, 6) is 0. The van der Waals surface area contributed by atoms with Gasteiger partial charge in [-0.25, -0.2) is 0 Å². The lowest BCUT2D eigenvalue weighted by Crippen LogP contribution is -2.43. The van der Waals surface area contributed by atoms with Crippen LogP contribution in [0.2, 0.25) is 5.02 Å². The summed E-state index contributed by atoms with van der Waals surface area (Å²) in [5.41, 5.74) is 2.07. The Bertz CT molecular complexity index is 585. The van der Waals surface area contributed by atoms with Gasteiger partial charge in [0.2, 0.25) is 0 Å². The van der Waals surface area contributed by atoms with Crippen LogP contribution in [-0.2, 0) is 0 Å². The van der Waals surface area contributed by atoms with Gasteiger partial charge in [0, 0.05) is 42.2 Å². The molecule has 3 rings (SSSR count). The van der Waals surface area contributed by atoms with Gasteiger partial charge in [-0.3, -0.25) is 4.98 Å². The average molecular weight is 363 g/mol. The molecule has 1 N–H and O–H groups in total. The first-order valence-electron chi connectivity index (χ1n) is 5.96. The molecule has 1 aliphatic heterocycles. The Morgan fingerprint density at radius 3 is 2.74 bits per heavy atom. The molecule has 102 valence electrons. The van der Waals surface area contributed by atoms with Crippen molar-refractivity contribution in [2.75, 3.05) is 31.1 Å². The summed E-state index contributed by atoms with van der Waals surface area (Å²) in [6.07, 6.45) is 1.74. The molecule has 1 aromatic carbocycles. The predicted octanol–water partition coefficient (Wildman–Crippen LogP) is 3.48. The normalized spacial score (nSPS) is 15.4. The van der Waals surface area contributed by atoms with Crippen LogP contribution in [0.3, 0.4) is 0 Å². The summed E-state index contributed by atoms with van der Waals surface area (Å²) in [6, 6.07) is 6.11. The standard InChI is InChI=1S/C13H13BrClN3.ClH/c14-10-3-1-2-9-12(10)17-8-11(15)13(9)18-6-4-16-5-7-18;/h1-3,8,16H,4-7H2;1H. The van der Waals surface area contributed by atoms with Crippen LogP contribution in [-0.4, -0.2) is 31.2 Å². The fourth-order valence-electron chi connectivity index (χ4n) is 2.36. The van der Waals surface area contributed by atoms with E-state index in [4.69, 9.17) is 11.6 Å². The van der Waals surface area contributed by atoms with Gasteiger partial charge in [0.05, 0.1) is 16.2 Å². The number of hydrogen-bond donors (Lipinski definition) is 1. The Kier molecular flexibility index (Phi) is 4.90. The van der Waals surface area contributed by atoms with E-state index in [2.05, 4.69) is 37.2 Å². The molecule has 0 unspecified atom stereocenters. The van der Waals surface area contributed by atoms with Crippen LogP contribution in [0.15, 0.2) is 28.9 Å². The van der Waals surface area contributed by atoms with Crippen LogP contribution in [0.25, 0.3) is 10.9 Å².